The number of benzene rings is 1. The molecule has 4 heteroatoms. The Hall–Kier alpha value is -2.07. The van der Waals surface area contributed by atoms with Crippen molar-refractivity contribution in [3.05, 3.63) is 59.2 Å². The molecule has 96 valence electrons. The minimum atomic E-state index is 0.546. The third-order valence-electron chi connectivity index (χ3n) is 3.48. The van der Waals surface area contributed by atoms with E-state index in [-0.39, 0.29) is 0 Å². The number of fused-ring (bicyclic) bond motifs is 1. The van der Waals surface area contributed by atoms with Crippen LogP contribution in [0.1, 0.15) is 27.3 Å². The van der Waals surface area contributed by atoms with Crippen LogP contribution >= 0.6 is 0 Å². The molecule has 1 aromatic carbocycles. The van der Waals surface area contributed by atoms with Gasteiger partial charge in [-0.1, -0.05) is 30.3 Å². The fraction of sp³-hybridized carbons (Fsp3) is 0.267. The smallest absolute Gasteiger partial charge is 0.168 e. The summed E-state index contributed by atoms with van der Waals surface area (Å²) in [5, 5.41) is 0. The molecule has 1 aliphatic rings. The number of nitrogens with zero attached hydrogens (tertiary/aromatic N) is 3. The molecule has 2 aromatic rings. The summed E-state index contributed by atoms with van der Waals surface area (Å²) < 4.78 is 0. The summed E-state index contributed by atoms with van der Waals surface area (Å²) in [4.78, 5) is 21.6. The first-order valence-corrected chi connectivity index (χ1v) is 6.41. The second-order valence-electron chi connectivity index (χ2n) is 4.75. The molecule has 3 rings (SSSR count). The van der Waals surface area contributed by atoms with Gasteiger partial charge in [0.1, 0.15) is 12.0 Å². The molecule has 0 fully saturated rings. The van der Waals surface area contributed by atoms with Gasteiger partial charge in [0.2, 0.25) is 0 Å². The number of hydrogen-bond donors (Lipinski definition) is 0. The van der Waals surface area contributed by atoms with Crippen molar-refractivity contribution in [1.29, 1.82) is 0 Å². The quantitative estimate of drug-likeness (QED) is 0.783. The summed E-state index contributed by atoms with van der Waals surface area (Å²) in [6.45, 7) is 2.64. The molecule has 19 heavy (non-hydrogen) atoms. The topological polar surface area (TPSA) is 46.1 Å². The fourth-order valence-electron chi connectivity index (χ4n) is 2.51. The Morgan fingerprint density at radius 2 is 2.05 bits per heavy atom. The Morgan fingerprint density at radius 3 is 2.84 bits per heavy atom. The minimum absolute atomic E-state index is 0.546. The summed E-state index contributed by atoms with van der Waals surface area (Å²) in [7, 11) is 0. The number of rotatable bonds is 3. The highest BCUT2D eigenvalue weighted by Gasteiger charge is 2.20. The molecule has 0 unspecified atom stereocenters. The van der Waals surface area contributed by atoms with Crippen LogP contribution in [0.15, 0.2) is 36.7 Å². The second-order valence-corrected chi connectivity index (χ2v) is 4.75. The lowest BCUT2D eigenvalue weighted by Crippen LogP contribution is -2.31. The van der Waals surface area contributed by atoms with Gasteiger partial charge in [-0.2, -0.15) is 0 Å². The number of aromatic nitrogens is 2. The van der Waals surface area contributed by atoms with Gasteiger partial charge >= 0.3 is 0 Å². The van der Waals surface area contributed by atoms with Crippen LogP contribution in [0, 0.1) is 0 Å². The molecule has 0 saturated heterocycles. The summed E-state index contributed by atoms with van der Waals surface area (Å²) in [5.41, 5.74) is 3.85. The Labute approximate surface area is 112 Å². The highest BCUT2D eigenvalue weighted by atomic mass is 16.1. The first kappa shape index (κ1) is 12.0. The average molecular weight is 253 g/mol. The molecule has 0 N–H and O–H groups in total. The number of hydrogen-bond acceptors (Lipinski definition) is 4. The van der Waals surface area contributed by atoms with Crippen LogP contribution in [0.5, 0.6) is 0 Å². The lowest BCUT2D eigenvalue weighted by atomic mass is 10.0. The van der Waals surface area contributed by atoms with Crippen molar-refractivity contribution in [2.45, 2.75) is 19.5 Å². The molecule has 1 aromatic heterocycles. The van der Waals surface area contributed by atoms with E-state index < -0.39 is 0 Å². The van der Waals surface area contributed by atoms with Gasteiger partial charge in [-0.3, -0.25) is 9.69 Å². The zero-order chi connectivity index (χ0) is 13.1. The van der Waals surface area contributed by atoms with Gasteiger partial charge in [-0.25, -0.2) is 9.97 Å². The normalized spacial score (nSPS) is 14.9. The Bertz CT molecular complexity index is 583. The van der Waals surface area contributed by atoms with Crippen molar-refractivity contribution in [1.82, 2.24) is 14.9 Å². The van der Waals surface area contributed by atoms with Gasteiger partial charge in [-0.05, 0) is 12.0 Å². The molecule has 2 heterocycles. The third-order valence-corrected chi connectivity index (χ3v) is 3.48. The Morgan fingerprint density at radius 1 is 1.21 bits per heavy atom. The number of carbonyl (C=O) groups is 1. The molecule has 0 aliphatic carbocycles. The highest BCUT2D eigenvalue weighted by Crippen LogP contribution is 2.19. The molecular formula is C15H15N3O. The summed E-state index contributed by atoms with van der Waals surface area (Å²) in [6, 6.07) is 10.4. The minimum Gasteiger partial charge on any atom is -0.296 e. The van der Waals surface area contributed by atoms with Gasteiger partial charge in [-0.15, -0.1) is 0 Å². The van der Waals surface area contributed by atoms with E-state index in [1.807, 2.05) is 6.07 Å². The SMILES string of the molecule is O=Cc1ncnc2c1CCN(Cc1ccccc1)C2. The van der Waals surface area contributed by atoms with E-state index in [2.05, 4.69) is 39.1 Å². The summed E-state index contributed by atoms with van der Waals surface area (Å²) in [6.07, 6.45) is 3.15. The molecule has 4 nitrogen and oxygen atoms in total. The van der Waals surface area contributed by atoms with Crippen LogP contribution in [0.2, 0.25) is 0 Å². The van der Waals surface area contributed by atoms with Crippen LogP contribution in [0.4, 0.5) is 0 Å². The lowest BCUT2D eigenvalue weighted by molar-refractivity contribution is 0.111. The van der Waals surface area contributed by atoms with Crippen LogP contribution in [-0.4, -0.2) is 27.7 Å². The lowest BCUT2D eigenvalue weighted by Gasteiger charge is -2.28. The average Bonchev–Trinajstić information content (AvgIpc) is 2.47. The molecule has 0 amide bonds. The molecule has 1 aliphatic heterocycles. The van der Waals surface area contributed by atoms with E-state index in [1.165, 1.54) is 11.9 Å². The van der Waals surface area contributed by atoms with Gasteiger partial charge in [0, 0.05) is 25.2 Å². The van der Waals surface area contributed by atoms with E-state index in [1.54, 1.807) is 0 Å². The predicted molar refractivity (Wildman–Crippen MR) is 71.7 cm³/mol. The van der Waals surface area contributed by atoms with Crippen molar-refractivity contribution in [2.75, 3.05) is 6.54 Å². The first-order chi connectivity index (χ1) is 9.36. The largest absolute Gasteiger partial charge is 0.296 e. The van der Waals surface area contributed by atoms with Crippen molar-refractivity contribution in [2.24, 2.45) is 0 Å². The van der Waals surface area contributed by atoms with E-state index in [9.17, 15) is 4.79 Å². The standard InChI is InChI=1S/C15H15N3O/c19-10-15-13-6-7-18(9-14(13)16-11-17-15)8-12-4-2-1-3-5-12/h1-5,10-11H,6-9H2. The van der Waals surface area contributed by atoms with Gasteiger partial charge < -0.3 is 0 Å². The van der Waals surface area contributed by atoms with E-state index >= 15 is 0 Å². The molecule has 0 bridgehead atoms. The van der Waals surface area contributed by atoms with Crippen molar-refractivity contribution in [3.63, 3.8) is 0 Å². The molecule has 0 atom stereocenters. The fourth-order valence-corrected chi connectivity index (χ4v) is 2.51. The van der Waals surface area contributed by atoms with Gasteiger partial charge in [0.15, 0.2) is 6.29 Å². The van der Waals surface area contributed by atoms with Gasteiger partial charge in [0.05, 0.1) is 5.69 Å². The molecular weight excluding hydrogens is 238 g/mol. The van der Waals surface area contributed by atoms with Crippen LogP contribution in [-0.2, 0) is 19.5 Å². The zero-order valence-electron chi connectivity index (χ0n) is 10.6. The van der Waals surface area contributed by atoms with E-state index in [0.717, 1.165) is 43.6 Å². The zero-order valence-corrected chi connectivity index (χ0v) is 10.6. The van der Waals surface area contributed by atoms with Crippen LogP contribution in [0.3, 0.4) is 0 Å². The number of aldehydes is 1. The van der Waals surface area contributed by atoms with Gasteiger partial charge in [0.25, 0.3) is 0 Å². The third kappa shape index (κ3) is 2.53. The van der Waals surface area contributed by atoms with Crippen molar-refractivity contribution < 1.29 is 4.79 Å². The van der Waals surface area contributed by atoms with Crippen LogP contribution in [0.25, 0.3) is 0 Å². The summed E-state index contributed by atoms with van der Waals surface area (Å²) in [5.74, 6) is 0. The maximum Gasteiger partial charge on any atom is 0.168 e. The predicted octanol–water partition coefficient (Wildman–Crippen LogP) is 1.85. The maximum absolute atomic E-state index is 10.9. The maximum atomic E-state index is 10.9. The van der Waals surface area contributed by atoms with E-state index in [0.29, 0.717) is 5.69 Å². The van der Waals surface area contributed by atoms with Crippen molar-refractivity contribution in [3.8, 4) is 0 Å². The first-order valence-electron chi connectivity index (χ1n) is 6.41. The molecule has 0 spiro atoms. The van der Waals surface area contributed by atoms with Crippen LogP contribution < -0.4 is 0 Å². The van der Waals surface area contributed by atoms with Crippen molar-refractivity contribution >= 4 is 6.29 Å². The Kier molecular flexibility index (Phi) is 3.33. The molecule has 0 radical (unpaired) electrons. The second kappa shape index (κ2) is 5.28. The highest BCUT2D eigenvalue weighted by molar-refractivity contribution is 5.74. The number of carbonyl (C=O) groups excluding carboxylic acids is 1. The van der Waals surface area contributed by atoms with E-state index in [4.69, 9.17) is 0 Å². The molecule has 0 saturated carbocycles. The monoisotopic (exact) mass is 253 g/mol. The summed E-state index contributed by atoms with van der Waals surface area (Å²) >= 11 is 0. The Balaban J connectivity index is 1.77.